The Labute approximate surface area is 476 Å². The molecular weight excluding hydrogens is 1050 g/mol. The highest BCUT2D eigenvalue weighted by Crippen LogP contribution is 2.48. The van der Waals surface area contributed by atoms with Crippen molar-refractivity contribution >= 4 is 43.6 Å². The van der Waals surface area contributed by atoms with Crippen molar-refractivity contribution in [2.24, 2.45) is 0 Å². The molecule has 10 aromatic carbocycles. The lowest BCUT2D eigenvalue weighted by molar-refractivity contribution is -0.137. The van der Waals surface area contributed by atoms with E-state index < -0.39 is 11.7 Å². The molecule has 84 heavy (non-hydrogen) atoms. The average Bonchev–Trinajstić information content (AvgIpc) is 2.48. The molecule has 12 rings (SSSR count). The number of benzene rings is 10. The monoisotopic (exact) mass is 1080 g/mol. The molecule has 0 fully saturated rings. The van der Waals surface area contributed by atoms with Gasteiger partial charge < -0.3 is 9.13 Å². The summed E-state index contributed by atoms with van der Waals surface area (Å²) in [6.45, 7) is 0. The van der Waals surface area contributed by atoms with Gasteiger partial charge in [0.25, 0.3) is 0 Å². The van der Waals surface area contributed by atoms with Crippen molar-refractivity contribution in [2.75, 3.05) is 0 Å². The number of para-hydroxylation sites is 1. The van der Waals surface area contributed by atoms with Crippen molar-refractivity contribution in [2.45, 2.75) is 6.18 Å². The first kappa shape index (κ1) is 51.7. The van der Waals surface area contributed by atoms with Gasteiger partial charge in [-0.05, 0) is 166 Å². The summed E-state index contributed by atoms with van der Waals surface area (Å²) in [5.41, 5.74) is 7.65. The summed E-state index contributed by atoms with van der Waals surface area (Å²) in [6.07, 6.45) is -4.98. The third-order valence-electron chi connectivity index (χ3n) is 15.1. The normalized spacial score (nSPS) is 10.9. The van der Waals surface area contributed by atoms with Gasteiger partial charge in [0.05, 0.1) is 144 Å². The van der Waals surface area contributed by atoms with Crippen molar-refractivity contribution in [1.82, 2.24) is 9.13 Å². The van der Waals surface area contributed by atoms with E-state index in [9.17, 15) is 47.4 Å². The number of aromatic nitrogens is 2. The molecule has 12 aromatic rings. The van der Waals surface area contributed by atoms with Crippen LogP contribution in [0.15, 0.2) is 182 Å². The number of nitrogens with zero attached hydrogens (tertiary/aromatic N) is 11. The summed E-state index contributed by atoms with van der Waals surface area (Å²) in [7, 11) is 0. The number of alkyl halides is 3. The predicted octanol–water partition coefficient (Wildman–Crippen LogP) is 16.1. The van der Waals surface area contributed by atoms with Crippen LogP contribution in [-0.2, 0) is 6.18 Å². The number of hydrogen-bond acceptors (Lipinski definition) is 9. The summed E-state index contributed by atoms with van der Waals surface area (Å²) >= 11 is 0. The first-order valence-electron chi connectivity index (χ1n) is 25.6. The summed E-state index contributed by atoms with van der Waals surface area (Å²) in [5.74, 6) is 0. The molecule has 0 unspecified atom stereocenters. The minimum absolute atomic E-state index is 0.0809. The Morgan fingerprint density at radius 1 is 0.286 bits per heavy atom. The minimum Gasteiger partial charge on any atom is -0.309 e. The first-order chi connectivity index (χ1) is 40.8. The zero-order valence-electron chi connectivity index (χ0n) is 43.4. The fourth-order valence-corrected chi connectivity index (χ4v) is 11.3. The van der Waals surface area contributed by atoms with E-state index in [2.05, 4.69) is 54.6 Å². The molecule has 14 heteroatoms. The van der Waals surface area contributed by atoms with Gasteiger partial charge in [-0.25, -0.2) is 0 Å². The Hall–Kier alpha value is -13.0. The number of fused-ring (bicyclic) bond motifs is 6. The molecule has 386 valence electrons. The maximum atomic E-state index is 16.2. The highest BCUT2D eigenvalue weighted by atomic mass is 19.4. The smallest absolute Gasteiger partial charge is 0.309 e. The van der Waals surface area contributed by atoms with Crippen LogP contribution >= 0.6 is 0 Å². The van der Waals surface area contributed by atoms with E-state index in [1.807, 2.05) is 41.0 Å². The number of nitriles is 9. The van der Waals surface area contributed by atoms with Gasteiger partial charge >= 0.3 is 6.18 Å². The molecule has 0 bridgehead atoms. The zero-order valence-corrected chi connectivity index (χ0v) is 43.4. The lowest BCUT2D eigenvalue weighted by Gasteiger charge is -2.22. The molecule has 0 amide bonds. The predicted molar refractivity (Wildman–Crippen MR) is 310 cm³/mol. The van der Waals surface area contributed by atoms with Crippen LogP contribution in [0.25, 0.3) is 111 Å². The van der Waals surface area contributed by atoms with Gasteiger partial charge in [0.2, 0.25) is 0 Å². The van der Waals surface area contributed by atoms with Crippen LogP contribution in [0.2, 0.25) is 0 Å². The highest BCUT2D eigenvalue weighted by molar-refractivity contribution is 6.14. The summed E-state index contributed by atoms with van der Waals surface area (Å²) in [6, 6.07) is 68.2. The van der Waals surface area contributed by atoms with Crippen LogP contribution in [0.5, 0.6) is 0 Å². The standard InChI is InChI=1S/C70H30F3N11/c71-70(72,73)63-3-1-2-57(69(63)84-67-20-11-47(55-15-6-42(33-76)24-51(55)38-81)29-61(67)62-30-48(12-21-68(62)84)56-16-7-43(34-77)25-52(56)39-82)58-26-44(35-78)8-17-64(58)83-65-18-9-45(53-13-4-40(31-74)22-49(53)36-79)27-59(65)60-28-46(10-19-66(60)83)54-14-5-41(32-75)23-50(54)37-80/h1-30H. The van der Waals surface area contributed by atoms with Gasteiger partial charge in [0, 0.05) is 32.7 Å². The van der Waals surface area contributed by atoms with Gasteiger partial charge in [0.1, 0.15) is 0 Å². The van der Waals surface area contributed by atoms with Gasteiger partial charge in [-0.1, -0.05) is 60.7 Å². The molecule has 2 aromatic heterocycles. The minimum atomic E-state index is -4.98. The molecule has 0 atom stereocenters. The molecule has 11 nitrogen and oxygen atoms in total. The van der Waals surface area contributed by atoms with E-state index in [4.69, 9.17) is 0 Å². The molecule has 0 aliphatic carbocycles. The van der Waals surface area contributed by atoms with E-state index in [0.29, 0.717) is 105 Å². The third kappa shape index (κ3) is 8.48. The second-order valence-corrected chi connectivity index (χ2v) is 19.6. The lowest BCUT2D eigenvalue weighted by atomic mass is 9.95. The number of halogens is 3. The van der Waals surface area contributed by atoms with Crippen LogP contribution in [0, 0.1) is 102 Å². The maximum Gasteiger partial charge on any atom is 0.418 e. The second kappa shape index (κ2) is 20.3. The fraction of sp³-hybridized carbons (Fsp3) is 0.0143. The van der Waals surface area contributed by atoms with E-state index in [1.54, 1.807) is 109 Å². The summed E-state index contributed by atoms with van der Waals surface area (Å²) < 4.78 is 52.1. The van der Waals surface area contributed by atoms with Crippen LogP contribution in [0.4, 0.5) is 13.2 Å². The molecule has 0 saturated heterocycles. The third-order valence-corrected chi connectivity index (χ3v) is 15.1. The van der Waals surface area contributed by atoms with Gasteiger partial charge in [-0.15, -0.1) is 0 Å². The van der Waals surface area contributed by atoms with Gasteiger partial charge in [-0.3, -0.25) is 0 Å². The number of rotatable bonds is 7. The van der Waals surface area contributed by atoms with Crippen LogP contribution in [0.3, 0.4) is 0 Å². The van der Waals surface area contributed by atoms with Gasteiger partial charge in [0.15, 0.2) is 0 Å². The SMILES string of the molecule is N#Cc1ccc(-c2ccc3c(c2)c2cc(-c4ccc(C#N)cc4C#N)ccc2n3-c2ccc(C#N)cc2-c2cccc(C(F)(F)F)c2-n2c3ccc(-c4ccc(C#N)cc4C#N)cc3c3cc(-c4ccc(C#N)cc4C#N)ccc32)c(C#N)c1. The van der Waals surface area contributed by atoms with Crippen molar-refractivity contribution in [3.05, 3.63) is 238 Å². The first-order valence-corrected chi connectivity index (χ1v) is 25.6. The molecule has 0 saturated carbocycles. The Balaban J connectivity index is 1.17. The van der Waals surface area contributed by atoms with Gasteiger partial charge in [-0.2, -0.15) is 60.5 Å². The Bertz CT molecular complexity index is 5060. The van der Waals surface area contributed by atoms with Crippen molar-refractivity contribution < 1.29 is 13.2 Å². The zero-order chi connectivity index (χ0) is 58.6. The Morgan fingerprint density at radius 3 is 0.929 bits per heavy atom. The fourth-order valence-electron chi connectivity index (χ4n) is 11.3. The van der Waals surface area contributed by atoms with E-state index in [0.717, 1.165) is 6.07 Å². The maximum absolute atomic E-state index is 16.2. The van der Waals surface area contributed by atoms with Crippen molar-refractivity contribution in [3.63, 3.8) is 0 Å². The molecule has 0 N–H and O–H groups in total. The quantitative estimate of drug-likeness (QED) is 0.148. The second-order valence-electron chi connectivity index (χ2n) is 19.6. The summed E-state index contributed by atoms with van der Waals surface area (Å²) in [4.78, 5) is 0. The molecule has 0 spiro atoms. The Morgan fingerprint density at radius 2 is 0.607 bits per heavy atom. The topological polar surface area (TPSA) is 224 Å². The molecule has 2 heterocycles. The van der Waals surface area contributed by atoms with Crippen LogP contribution in [-0.4, -0.2) is 9.13 Å². The highest BCUT2D eigenvalue weighted by Gasteiger charge is 2.37. The largest absolute Gasteiger partial charge is 0.418 e. The molecular formula is C70H30F3N11. The average molecular weight is 1080 g/mol. The van der Waals surface area contributed by atoms with E-state index in [1.165, 1.54) is 34.9 Å². The number of hydrogen-bond donors (Lipinski definition) is 0. The molecule has 0 radical (unpaired) electrons. The van der Waals surface area contributed by atoms with E-state index >= 15 is 13.2 Å². The van der Waals surface area contributed by atoms with Crippen molar-refractivity contribution in [3.8, 4) is 122 Å². The lowest BCUT2D eigenvalue weighted by Crippen LogP contribution is -2.12. The van der Waals surface area contributed by atoms with Crippen LogP contribution in [0.1, 0.15) is 55.6 Å². The summed E-state index contributed by atoms with van der Waals surface area (Å²) in [5, 5.41) is 92.7. The molecule has 0 aliphatic rings. The van der Waals surface area contributed by atoms with Crippen LogP contribution < -0.4 is 0 Å². The Kier molecular flexibility index (Phi) is 12.5. The van der Waals surface area contributed by atoms with E-state index in [-0.39, 0.29) is 55.8 Å². The van der Waals surface area contributed by atoms with Crippen molar-refractivity contribution in [1.29, 1.82) is 47.4 Å². The molecule has 0 aliphatic heterocycles.